The van der Waals surface area contributed by atoms with Crippen molar-refractivity contribution in [2.24, 2.45) is 34.2 Å². The standard InChI is InChI=1S/C36H49ClN4O6/c1-7-29(42)30(43)26(14-21-11-12-21)38-33(45)28-18-36(17-27(40-47-36)22-9-8-10-24(37)15-22)19-41(28)34(46)31(35(4,5)6)39-32(44)25-16-23(25)13-20(2)3/h8-10,15,20-21,23,25-26,28,31H,7,11-14,16-19H2,1-6H3,(H,38,45)(H,39,44)/t23-,25-,26-,28-,31+,36+/m0/s1. The third-order valence-electron chi connectivity index (χ3n) is 9.91. The molecule has 0 aromatic heterocycles. The molecule has 6 atom stereocenters. The van der Waals surface area contributed by atoms with E-state index in [0.717, 1.165) is 31.2 Å². The second kappa shape index (κ2) is 13.7. The Kier molecular flexibility index (Phi) is 10.2. The highest BCUT2D eigenvalue weighted by Gasteiger charge is 2.56. The number of benzene rings is 1. The van der Waals surface area contributed by atoms with Crippen LogP contribution >= 0.6 is 11.6 Å². The number of carbonyl (C=O) groups is 5. The summed E-state index contributed by atoms with van der Waals surface area (Å²) in [6, 6.07) is 4.40. The van der Waals surface area contributed by atoms with Gasteiger partial charge in [0.05, 0.1) is 18.3 Å². The number of rotatable bonds is 13. The average Bonchev–Trinajstić information content (AvgIpc) is 3.91. The van der Waals surface area contributed by atoms with Crippen molar-refractivity contribution in [2.45, 2.75) is 117 Å². The summed E-state index contributed by atoms with van der Waals surface area (Å²) in [6.07, 6.45) is 4.56. The molecule has 2 saturated carbocycles. The number of Topliss-reactive ketones (excluding diaryl/α,β-unsaturated/α-hetero) is 2. The first kappa shape index (κ1) is 35.0. The fourth-order valence-electron chi connectivity index (χ4n) is 7.01. The van der Waals surface area contributed by atoms with Gasteiger partial charge in [-0.2, -0.15) is 0 Å². The summed E-state index contributed by atoms with van der Waals surface area (Å²) < 4.78 is 0. The van der Waals surface area contributed by atoms with Crippen LogP contribution in [0.15, 0.2) is 29.4 Å². The highest BCUT2D eigenvalue weighted by molar-refractivity contribution is 6.39. The van der Waals surface area contributed by atoms with Gasteiger partial charge in [-0.25, -0.2) is 0 Å². The zero-order chi connectivity index (χ0) is 34.3. The summed E-state index contributed by atoms with van der Waals surface area (Å²) >= 11 is 6.24. The minimum Gasteiger partial charge on any atom is -0.387 e. The lowest BCUT2D eigenvalue weighted by molar-refractivity contribution is -0.145. The van der Waals surface area contributed by atoms with E-state index in [1.54, 1.807) is 19.1 Å². The monoisotopic (exact) mass is 668 g/mol. The van der Waals surface area contributed by atoms with E-state index in [4.69, 9.17) is 16.4 Å². The molecule has 47 heavy (non-hydrogen) atoms. The fraction of sp³-hybridized carbons (Fsp3) is 0.667. The number of nitrogens with one attached hydrogen (secondary N) is 2. The van der Waals surface area contributed by atoms with Gasteiger partial charge in [-0.1, -0.05) is 83.3 Å². The van der Waals surface area contributed by atoms with E-state index in [-0.39, 0.29) is 37.1 Å². The summed E-state index contributed by atoms with van der Waals surface area (Å²) in [4.78, 5) is 75.1. The van der Waals surface area contributed by atoms with Crippen molar-refractivity contribution in [3.8, 4) is 0 Å². The molecule has 0 radical (unpaired) electrons. The maximum Gasteiger partial charge on any atom is 0.246 e. The number of carbonyl (C=O) groups excluding carboxylic acids is 5. The van der Waals surface area contributed by atoms with Crippen molar-refractivity contribution in [1.29, 1.82) is 0 Å². The normalized spacial score (nSPS) is 26.4. The van der Waals surface area contributed by atoms with E-state index in [1.165, 1.54) is 4.90 Å². The summed E-state index contributed by atoms with van der Waals surface area (Å²) in [5.74, 6) is -1.26. The maximum absolute atomic E-state index is 14.5. The topological polar surface area (TPSA) is 134 Å². The van der Waals surface area contributed by atoms with Crippen molar-refractivity contribution in [3.05, 3.63) is 34.9 Å². The van der Waals surface area contributed by atoms with Crippen molar-refractivity contribution >= 4 is 46.6 Å². The molecule has 11 heteroatoms. The molecule has 2 aliphatic heterocycles. The number of hydrogen-bond donors (Lipinski definition) is 2. The Morgan fingerprint density at radius 3 is 2.43 bits per heavy atom. The molecule has 1 saturated heterocycles. The number of likely N-dealkylation sites (tertiary alicyclic amines) is 1. The third kappa shape index (κ3) is 8.24. The van der Waals surface area contributed by atoms with E-state index in [2.05, 4.69) is 29.6 Å². The minimum absolute atomic E-state index is 0.0520. The van der Waals surface area contributed by atoms with Gasteiger partial charge in [0.1, 0.15) is 12.1 Å². The van der Waals surface area contributed by atoms with E-state index >= 15 is 0 Å². The quantitative estimate of drug-likeness (QED) is 0.289. The molecule has 256 valence electrons. The van der Waals surface area contributed by atoms with E-state index in [0.29, 0.717) is 35.4 Å². The van der Waals surface area contributed by atoms with Crippen LogP contribution < -0.4 is 10.6 Å². The van der Waals surface area contributed by atoms with Gasteiger partial charge in [-0.3, -0.25) is 24.0 Å². The number of halogens is 1. The molecule has 0 unspecified atom stereocenters. The first-order chi connectivity index (χ1) is 22.1. The Bertz CT molecular complexity index is 1450. The van der Waals surface area contributed by atoms with Crippen LogP contribution in [0.4, 0.5) is 0 Å². The highest BCUT2D eigenvalue weighted by atomic mass is 35.5. The molecule has 5 rings (SSSR count). The second-order valence-corrected chi connectivity index (χ2v) is 16.0. The smallest absolute Gasteiger partial charge is 0.246 e. The Morgan fingerprint density at radius 2 is 1.81 bits per heavy atom. The first-order valence-electron chi connectivity index (χ1n) is 17.1. The largest absolute Gasteiger partial charge is 0.387 e. The molecule has 4 aliphatic rings. The molecular weight excluding hydrogens is 620 g/mol. The number of hydrogen-bond acceptors (Lipinski definition) is 7. The molecule has 1 aromatic carbocycles. The zero-order valence-electron chi connectivity index (χ0n) is 28.4. The summed E-state index contributed by atoms with van der Waals surface area (Å²) in [7, 11) is 0. The SMILES string of the molecule is CCC(=O)C(=O)[C@H](CC1CC1)NC(=O)[C@@H]1C[C@]2(CC(c3cccc(Cl)c3)=NO2)CN1C(=O)[C@@H](NC(=O)[C@H]1C[C@@H]1CC(C)C)C(C)(C)C. The zero-order valence-corrected chi connectivity index (χ0v) is 29.2. The minimum atomic E-state index is -1.00. The molecule has 2 aliphatic carbocycles. The van der Waals surface area contributed by atoms with Crippen LogP contribution in [0.1, 0.15) is 98.5 Å². The van der Waals surface area contributed by atoms with Crippen molar-refractivity contribution in [2.75, 3.05) is 6.54 Å². The van der Waals surface area contributed by atoms with Crippen LogP contribution in [0.2, 0.25) is 5.02 Å². The number of nitrogens with zero attached hydrogens (tertiary/aromatic N) is 2. The number of amides is 3. The van der Waals surface area contributed by atoms with Crippen LogP contribution in [-0.4, -0.2) is 70.2 Å². The van der Waals surface area contributed by atoms with Crippen LogP contribution in [0.3, 0.4) is 0 Å². The van der Waals surface area contributed by atoms with Gasteiger partial charge in [0.2, 0.25) is 23.5 Å². The van der Waals surface area contributed by atoms with Crippen molar-refractivity contribution in [1.82, 2.24) is 15.5 Å². The molecule has 3 amide bonds. The van der Waals surface area contributed by atoms with Crippen LogP contribution in [0.25, 0.3) is 0 Å². The second-order valence-electron chi connectivity index (χ2n) is 15.6. The van der Waals surface area contributed by atoms with E-state index < -0.39 is 52.5 Å². The molecule has 1 spiro atoms. The lowest BCUT2D eigenvalue weighted by Gasteiger charge is -2.35. The third-order valence-corrected chi connectivity index (χ3v) is 10.1. The van der Waals surface area contributed by atoms with Gasteiger partial charge >= 0.3 is 0 Å². The lowest BCUT2D eigenvalue weighted by Crippen LogP contribution is -2.59. The highest BCUT2D eigenvalue weighted by Crippen LogP contribution is 2.44. The van der Waals surface area contributed by atoms with Gasteiger partial charge in [-0.05, 0) is 54.6 Å². The fourth-order valence-corrected chi connectivity index (χ4v) is 7.20. The van der Waals surface area contributed by atoms with Gasteiger partial charge < -0.3 is 20.4 Å². The summed E-state index contributed by atoms with van der Waals surface area (Å²) in [6.45, 7) is 11.6. The molecule has 2 N–H and O–H groups in total. The number of oxime groups is 1. The van der Waals surface area contributed by atoms with Crippen molar-refractivity contribution < 1.29 is 28.8 Å². The molecular formula is C36H49ClN4O6. The number of ketones is 2. The van der Waals surface area contributed by atoms with Gasteiger partial charge in [-0.15, -0.1) is 0 Å². The summed E-state index contributed by atoms with van der Waals surface area (Å²) in [5, 5.41) is 10.8. The predicted octanol–water partition coefficient (Wildman–Crippen LogP) is 4.85. The van der Waals surface area contributed by atoms with E-state index in [9.17, 15) is 24.0 Å². The van der Waals surface area contributed by atoms with Gasteiger partial charge in [0.15, 0.2) is 11.4 Å². The van der Waals surface area contributed by atoms with Crippen LogP contribution in [0, 0.1) is 29.1 Å². The van der Waals surface area contributed by atoms with Crippen LogP contribution in [-0.2, 0) is 28.8 Å². The van der Waals surface area contributed by atoms with Gasteiger partial charge in [0, 0.05) is 35.8 Å². The maximum atomic E-state index is 14.5. The predicted molar refractivity (Wildman–Crippen MR) is 179 cm³/mol. The Balaban J connectivity index is 1.40. The van der Waals surface area contributed by atoms with Crippen molar-refractivity contribution in [3.63, 3.8) is 0 Å². The first-order valence-corrected chi connectivity index (χ1v) is 17.5. The van der Waals surface area contributed by atoms with Crippen LogP contribution in [0.5, 0.6) is 0 Å². The Labute approximate surface area is 282 Å². The Morgan fingerprint density at radius 1 is 1.09 bits per heavy atom. The van der Waals surface area contributed by atoms with Gasteiger partial charge in [0.25, 0.3) is 0 Å². The summed E-state index contributed by atoms with van der Waals surface area (Å²) in [5.41, 5.74) is -0.214. The molecule has 2 heterocycles. The lowest BCUT2D eigenvalue weighted by atomic mass is 9.85. The molecule has 1 aromatic rings. The molecule has 10 nitrogen and oxygen atoms in total. The molecule has 0 bridgehead atoms. The average molecular weight is 669 g/mol. The molecule has 3 fully saturated rings. The Hall–Kier alpha value is -3.27. The van der Waals surface area contributed by atoms with E-state index in [1.807, 2.05) is 32.9 Å².